The van der Waals surface area contributed by atoms with E-state index >= 15 is 0 Å². The first-order valence-corrected chi connectivity index (χ1v) is 7.74. The van der Waals surface area contributed by atoms with Crippen molar-refractivity contribution in [2.75, 3.05) is 5.32 Å². The number of carbonyl (C=O) groups excluding carboxylic acids is 2. The van der Waals surface area contributed by atoms with E-state index in [2.05, 4.69) is 20.5 Å². The monoisotopic (exact) mass is 369 g/mol. The van der Waals surface area contributed by atoms with Crippen molar-refractivity contribution in [2.24, 2.45) is 5.73 Å². The smallest absolute Gasteiger partial charge is 0.277 e. The van der Waals surface area contributed by atoms with Gasteiger partial charge < -0.3 is 11.1 Å². The summed E-state index contributed by atoms with van der Waals surface area (Å²) in [6.07, 6.45) is 3.13. The maximum atomic E-state index is 12.5. The van der Waals surface area contributed by atoms with Gasteiger partial charge in [0.05, 0.1) is 16.9 Å². The second kappa shape index (κ2) is 7.16. The van der Waals surface area contributed by atoms with Crippen LogP contribution in [0.4, 0.5) is 5.69 Å². The Morgan fingerprint density at radius 2 is 1.81 bits per heavy atom. The quantitative estimate of drug-likeness (QED) is 0.645. The van der Waals surface area contributed by atoms with Crippen molar-refractivity contribution in [3.8, 4) is 11.3 Å². The van der Waals surface area contributed by atoms with Gasteiger partial charge in [0, 0.05) is 23.0 Å². The van der Waals surface area contributed by atoms with Gasteiger partial charge in [-0.05, 0) is 36.4 Å². The van der Waals surface area contributed by atoms with E-state index in [1.54, 1.807) is 24.5 Å². The molecule has 0 unspecified atom stereocenters. The third-order valence-electron chi connectivity index (χ3n) is 3.52. The van der Waals surface area contributed by atoms with E-state index in [0.717, 1.165) is 0 Å². The van der Waals surface area contributed by atoms with Gasteiger partial charge in [-0.3, -0.25) is 19.4 Å². The Balaban J connectivity index is 1.96. The van der Waals surface area contributed by atoms with Crippen LogP contribution in [0, 0.1) is 0 Å². The lowest BCUT2D eigenvalue weighted by Crippen LogP contribution is -2.25. The number of anilines is 1. The van der Waals surface area contributed by atoms with Crippen molar-refractivity contribution in [1.29, 1.82) is 0 Å². The number of benzene rings is 1. The number of amides is 2. The maximum absolute atomic E-state index is 12.5. The minimum Gasteiger partial charge on any atom is -0.366 e. The number of primary amides is 1. The molecule has 0 atom stereocenters. The van der Waals surface area contributed by atoms with Crippen LogP contribution in [0.1, 0.15) is 20.7 Å². The van der Waals surface area contributed by atoms with Crippen LogP contribution in [-0.2, 0) is 0 Å². The number of carbonyl (C=O) groups is 2. The van der Waals surface area contributed by atoms with Gasteiger partial charge >= 0.3 is 0 Å². The van der Waals surface area contributed by atoms with Crippen LogP contribution in [0.3, 0.4) is 0 Å². The number of rotatable bonds is 4. The number of hydrogen-bond donors (Lipinski definition) is 3. The van der Waals surface area contributed by atoms with E-state index in [9.17, 15) is 14.4 Å². The summed E-state index contributed by atoms with van der Waals surface area (Å²) in [6, 6.07) is 8.98. The number of pyridine rings is 1. The topological polar surface area (TPSA) is 131 Å². The molecule has 3 rings (SSSR count). The fourth-order valence-electron chi connectivity index (χ4n) is 2.26. The molecule has 0 bridgehead atoms. The summed E-state index contributed by atoms with van der Waals surface area (Å²) in [5, 5.41) is 8.99. The van der Waals surface area contributed by atoms with Gasteiger partial charge in [-0.1, -0.05) is 11.6 Å². The molecule has 4 N–H and O–H groups in total. The van der Waals surface area contributed by atoms with Gasteiger partial charge in [0.25, 0.3) is 17.4 Å². The van der Waals surface area contributed by atoms with Crippen LogP contribution in [0.2, 0.25) is 5.02 Å². The SMILES string of the molecule is NC(=O)c1cc(Cl)ccc1NC(=O)c1cc(-c2ccncc2)n[nH]c1=O. The van der Waals surface area contributed by atoms with E-state index in [1.807, 2.05) is 0 Å². The highest BCUT2D eigenvalue weighted by atomic mass is 35.5. The number of H-pyrrole nitrogens is 1. The number of halogens is 1. The van der Waals surface area contributed by atoms with Gasteiger partial charge in [-0.2, -0.15) is 5.10 Å². The van der Waals surface area contributed by atoms with Gasteiger partial charge in [0.1, 0.15) is 5.56 Å². The van der Waals surface area contributed by atoms with Gasteiger partial charge in [0.15, 0.2) is 0 Å². The average Bonchev–Trinajstić information content (AvgIpc) is 2.64. The summed E-state index contributed by atoms with van der Waals surface area (Å²) in [5.74, 6) is -1.47. The predicted octanol–water partition coefficient (Wildman–Crippen LogP) is 1.84. The minimum atomic E-state index is -0.760. The second-order valence-electron chi connectivity index (χ2n) is 5.24. The molecule has 9 heteroatoms. The van der Waals surface area contributed by atoms with Crippen LogP contribution in [0.5, 0.6) is 0 Å². The van der Waals surface area contributed by atoms with Gasteiger partial charge in [0.2, 0.25) is 0 Å². The highest BCUT2D eigenvalue weighted by molar-refractivity contribution is 6.31. The van der Waals surface area contributed by atoms with Crippen molar-refractivity contribution in [2.45, 2.75) is 0 Å². The molecule has 0 saturated carbocycles. The largest absolute Gasteiger partial charge is 0.366 e. The Kier molecular flexibility index (Phi) is 4.76. The van der Waals surface area contributed by atoms with Crippen LogP contribution in [-0.4, -0.2) is 27.0 Å². The molecule has 1 aromatic carbocycles. The summed E-state index contributed by atoms with van der Waals surface area (Å²) in [5.41, 5.74) is 5.70. The van der Waals surface area contributed by atoms with Crippen LogP contribution >= 0.6 is 11.6 Å². The normalized spacial score (nSPS) is 10.3. The zero-order valence-electron chi connectivity index (χ0n) is 13.2. The molecular formula is C17H12ClN5O3. The summed E-state index contributed by atoms with van der Waals surface area (Å²) in [6.45, 7) is 0. The average molecular weight is 370 g/mol. The van der Waals surface area contributed by atoms with Gasteiger partial charge in [-0.15, -0.1) is 0 Å². The molecule has 0 spiro atoms. The molecule has 0 fully saturated rings. The fraction of sp³-hybridized carbons (Fsp3) is 0. The number of nitrogens with one attached hydrogen (secondary N) is 2. The third-order valence-corrected chi connectivity index (χ3v) is 3.75. The van der Waals surface area contributed by atoms with Crippen molar-refractivity contribution < 1.29 is 9.59 Å². The molecular weight excluding hydrogens is 358 g/mol. The first-order chi connectivity index (χ1) is 12.5. The molecule has 0 radical (unpaired) electrons. The lowest BCUT2D eigenvalue weighted by atomic mass is 10.1. The van der Waals surface area contributed by atoms with Crippen molar-refractivity contribution >= 4 is 29.1 Å². The molecule has 2 heterocycles. The van der Waals surface area contributed by atoms with Crippen molar-refractivity contribution in [3.05, 3.63) is 75.3 Å². The Morgan fingerprint density at radius 1 is 1.08 bits per heavy atom. The molecule has 0 aliphatic carbocycles. The molecule has 130 valence electrons. The molecule has 3 aromatic rings. The summed E-state index contributed by atoms with van der Waals surface area (Å²) in [7, 11) is 0. The standard InChI is InChI=1S/C17H12ClN5O3/c18-10-1-2-13(11(7-10)15(19)24)21-16(25)12-8-14(22-23-17(12)26)9-3-5-20-6-4-9/h1-8H,(H2,19,24)(H,21,25)(H,23,26). The number of hydrogen-bond acceptors (Lipinski definition) is 5. The summed E-state index contributed by atoms with van der Waals surface area (Å²) in [4.78, 5) is 40.0. The van der Waals surface area contributed by atoms with Crippen LogP contribution in [0.15, 0.2) is 53.6 Å². The van der Waals surface area contributed by atoms with Crippen LogP contribution in [0.25, 0.3) is 11.3 Å². The summed E-state index contributed by atoms with van der Waals surface area (Å²) >= 11 is 5.84. The zero-order chi connectivity index (χ0) is 18.7. The van der Waals surface area contributed by atoms with E-state index in [4.69, 9.17) is 17.3 Å². The predicted molar refractivity (Wildman–Crippen MR) is 96.0 cm³/mol. The molecule has 2 aromatic heterocycles. The third kappa shape index (κ3) is 3.60. The molecule has 0 aliphatic heterocycles. The van der Waals surface area contributed by atoms with Crippen molar-refractivity contribution in [3.63, 3.8) is 0 Å². The Labute approximate surface area is 152 Å². The molecule has 26 heavy (non-hydrogen) atoms. The van der Waals surface area contributed by atoms with E-state index in [0.29, 0.717) is 16.3 Å². The number of nitrogens with two attached hydrogens (primary N) is 1. The van der Waals surface area contributed by atoms with E-state index in [1.165, 1.54) is 24.3 Å². The second-order valence-corrected chi connectivity index (χ2v) is 5.68. The first-order valence-electron chi connectivity index (χ1n) is 7.36. The minimum absolute atomic E-state index is 0.0330. The number of nitrogens with zero attached hydrogens (tertiary/aromatic N) is 2. The Hall–Kier alpha value is -3.52. The van der Waals surface area contributed by atoms with Crippen molar-refractivity contribution in [1.82, 2.24) is 15.2 Å². The van der Waals surface area contributed by atoms with E-state index < -0.39 is 17.4 Å². The molecule has 2 amide bonds. The molecule has 0 saturated heterocycles. The fourth-order valence-corrected chi connectivity index (χ4v) is 2.44. The maximum Gasteiger partial charge on any atom is 0.277 e. The Bertz CT molecular complexity index is 1050. The first kappa shape index (κ1) is 17.3. The van der Waals surface area contributed by atoms with E-state index in [-0.39, 0.29) is 16.8 Å². The lowest BCUT2D eigenvalue weighted by Gasteiger charge is -2.09. The highest BCUT2D eigenvalue weighted by Crippen LogP contribution is 2.21. The number of aromatic amines is 1. The number of aromatic nitrogens is 3. The molecule has 0 aliphatic rings. The molecule has 8 nitrogen and oxygen atoms in total. The highest BCUT2D eigenvalue weighted by Gasteiger charge is 2.17. The van der Waals surface area contributed by atoms with Crippen LogP contribution < -0.4 is 16.6 Å². The zero-order valence-corrected chi connectivity index (χ0v) is 13.9. The Morgan fingerprint density at radius 3 is 2.50 bits per heavy atom. The van der Waals surface area contributed by atoms with Gasteiger partial charge in [-0.25, -0.2) is 5.10 Å². The summed E-state index contributed by atoms with van der Waals surface area (Å²) < 4.78 is 0. The lowest BCUT2D eigenvalue weighted by molar-refractivity contribution is 0.100.